The van der Waals surface area contributed by atoms with Gasteiger partial charge in [0.15, 0.2) is 0 Å². The third kappa shape index (κ3) is 3.46. The highest BCUT2D eigenvalue weighted by molar-refractivity contribution is 9.10. The van der Waals surface area contributed by atoms with Gasteiger partial charge in [-0.1, -0.05) is 0 Å². The molecule has 0 aliphatic heterocycles. The Morgan fingerprint density at radius 2 is 2.05 bits per heavy atom. The summed E-state index contributed by atoms with van der Waals surface area (Å²) in [5.41, 5.74) is 1.28. The quantitative estimate of drug-likeness (QED) is 0.676. The molecular weight excluding hydrogens is 340 g/mol. The summed E-state index contributed by atoms with van der Waals surface area (Å²) in [6.07, 6.45) is 1.73. The number of aromatic nitrogens is 2. The predicted molar refractivity (Wildman–Crippen MR) is 81.1 cm³/mol. The number of nitro groups is 1. The monoisotopic (exact) mass is 352 g/mol. The number of carbonyl (C=O) groups is 1. The van der Waals surface area contributed by atoms with Gasteiger partial charge in [-0.15, -0.1) is 0 Å². The molecule has 1 unspecified atom stereocenters. The highest BCUT2D eigenvalue weighted by Gasteiger charge is 2.17. The van der Waals surface area contributed by atoms with E-state index in [-0.39, 0.29) is 11.6 Å². The van der Waals surface area contributed by atoms with Crippen LogP contribution in [0, 0.1) is 17.0 Å². The van der Waals surface area contributed by atoms with Gasteiger partial charge in [-0.05, 0) is 41.9 Å². The van der Waals surface area contributed by atoms with Gasteiger partial charge in [-0.2, -0.15) is 5.10 Å². The average molecular weight is 353 g/mol. The summed E-state index contributed by atoms with van der Waals surface area (Å²) in [6, 6.07) is 5.18. The molecule has 7 nitrogen and oxygen atoms in total. The van der Waals surface area contributed by atoms with Crippen LogP contribution in [0.25, 0.3) is 0 Å². The van der Waals surface area contributed by atoms with E-state index in [1.54, 1.807) is 17.8 Å². The molecule has 0 saturated carbocycles. The summed E-state index contributed by atoms with van der Waals surface area (Å²) >= 11 is 3.34. The molecule has 0 fully saturated rings. The lowest BCUT2D eigenvalue weighted by atomic mass is 10.2. The molecule has 1 amide bonds. The summed E-state index contributed by atoms with van der Waals surface area (Å²) in [5.74, 6) is -0.251. The van der Waals surface area contributed by atoms with Crippen LogP contribution in [0.5, 0.6) is 0 Å². The maximum Gasteiger partial charge on any atom is 0.269 e. The molecule has 8 heteroatoms. The van der Waals surface area contributed by atoms with Crippen LogP contribution >= 0.6 is 15.9 Å². The van der Waals surface area contributed by atoms with Crippen LogP contribution in [0.3, 0.4) is 0 Å². The Labute approximate surface area is 129 Å². The molecular formula is C13H13BrN4O3. The Kier molecular flexibility index (Phi) is 4.37. The van der Waals surface area contributed by atoms with Crippen molar-refractivity contribution in [1.82, 2.24) is 9.78 Å². The number of non-ortho nitro benzene ring substituents is 1. The molecule has 1 aromatic carbocycles. The van der Waals surface area contributed by atoms with Gasteiger partial charge in [-0.25, -0.2) is 0 Å². The first kappa shape index (κ1) is 15.2. The van der Waals surface area contributed by atoms with E-state index in [0.29, 0.717) is 5.69 Å². The first-order chi connectivity index (χ1) is 9.88. The first-order valence-corrected chi connectivity index (χ1v) is 6.94. The van der Waals surface area contributed by atoms with Crippen molar-refractivity contribution in [2.24, 2.45) is 0 Å². The molecule has 21 heavy (non-hydrogen) atoms. The van der Waals surface area contributed by atoms with Crippen LogP contribution in [0.1, 0.15) is 18.7 Å². The molecule has 0 aliphatic rings. The standard InChI is InChI=1S/C13H13BrN4O3/c1-8-12(14)7-17(16-8)9(2)13(19)15-10-3-5-11(6-4-10)18(20)21/h3-7,9H,1-2H3,(H,15,19). The van der Waals surface area contributed by atoms with Crippen LogP contribution in [-0.4, -0.2) is 20.6 Å². The van der Waals surface area contributed by atoms with Crippen LogP contribution in [0.2, 0.25) is 0 Å². The number of amides is 1. The van der Waals surface area contributed by atoms with E-state index < -0.39 is 11.0 Å². The van der Waals surface area contributed by atoms with Crippen molar-refractivity contribution in [2.45, 2.75) is 19.9 Å². The van der Waals surface area contributed by atoms with Gasteiger partial charge in [0.25, 0.3) is 5.69 Å². The van der Waals surface area contributed by atoms with E-state index in [1.807, 2.05) is 6.92 Å². The van der Waals surface area contributed by atoms with Crippen molar-refractivity contribution >= 4 is 33.2 Å². The van der Waals surface area contributed by atoms with Gasteiger partial charge < -0.3 is 5.32 Å². The van der Waals surface area contributed by atoms with Gasteiger partial charge in [-0.3, -0.25) is 19.6 Å². The number of nitro benzene ring substituents is 1. The molecule has 1 atom stereocenters. The predicted octanol–water partition coefficient (Wildman–Crippen LogP) is 3.06. The van der Waals surface area contributed by atoms with Crippen LogP contribution < -0.4 is 5.32 Å². The number of anilines is 1. The maximum absolute atomic E-state index is 12.1. The fraction of sp³-hybridized carbons (Fsp3) is 0.231. The fourth-order valence-corrected chi connectivity index (χ4v) is 1.98. The number of hydrogen-bond acceptors (Lipinski definition) is 4. The minimum atomic E-state index is -0.495. The lowest BCUT2D eigenvalue weighted by Crippen LogP contribution is -2.24. The zero-order valence-corrected chi connectivity index (χ0v) is 13.0. The van der Waals surface area contributed by atoms with E-state index in [4.69, 9.17) is 0 Å². The number of hydrogen-bond donors (Lipinski definition) is 1. The maximum atomic E-state index is 12.1. The topological polar surface area (TPSA) is 90.1 Å². The van der Waals surface area contributed by atoms with Crippen LogP contribution in [0.4, 0.5) is 11.4 Å². The van der Waals surface area contributed by atoms with Crippen LogP contribution in [0.15, 0.2) is 34.9 Å². The second kappa shape index (κ2) is 6.04. The summed E-state index contributed by atoms with van der Waals surface area (Å²) in [7, 11) is 0. The van der Waals surface area contributed by atoms with Gasteiger partial charge in [0.1, 0.15) is 6.04 Å². The van der Waals surface area contributed by atoms with Gasteiger partial charge in [0.2, 0.25) is 5.91 Å². The van der Waals surface area contributed by atoms with Gasteiger partial charge in [0.05, 0.1) is 15.1 Å². The Morgan fingerprint density at radius 3 is 2.52 bits per heavy atom. The smallest absolute Gasteiger partial charge is 0.269 e. The number of halogens is 1. The molecule has 1 N–H and O–H groups in total. The van der Waals surface area contributed by atoms with E-state index in [2.05, 4.69) is 26.3 Å². The number of aryl methyl sites for hydroxylation is 1. The summed E-state index contributed by atoms with van der Waals surface area (Å²) < 4.78 is 2.39. The molecule has 0 saturated heterocycles. The lowest BCUT2D eigenvalue weighted by Gasteiger charge is -2.12. The SMILES string of the molecule is Cc1nn(C(C)C(=O)Nc2ccc([N+](=O)[O-])cc2)cc1Br. The molecule has 0 spiro atoms. The Hall–Kier alpha value is -2.22. The van der Waals surface area contributed by atoms with Crippen molar-refractivity contribution < 1.29 is 9.72 Å². The zero-order valence-electron chi connectivity index (χ0n) is 11.4. The van der Waals surface area contributed by atoms with E-state index in [0.717, 1.165) is 10.2 Å². The molecule has 0 radical (unpaired) electrons. The molecule has 1 aromatic heterocycles. The van der Waals surface area contributed by atoms with Crippen molar-refractivity contribution in [3.63, 3.8) is 0 Å². The van der Waals surface area contributed by atoms with Gasteiger partial charge in [0, 0.05) is 24.0 Å². The summed E-state index contributed by atoms with van der Waals surface area (Å²) in [5, 5.41) is 17.5. The van der Waals surface area contributed by atoms with Gasteiger partial charge >= 0.3 is 0 Å². The first-order valence-electron chi connectivity index (χ1n) is 6.15. The molecule has 110 valence electrons. The Bertz CT molecular complexity index is 662. The van der Waals surface area contributed by atoms with Crippen LogP contribution in [-0.2, 0) is 4.79 Å². The van der Waals surface area contributed by atoms with E-state index >= 15 is 0 Å². The number of benzene rings is 1. The number of rotatable bonds is 4. The molecule has 2 rings (SSSR count). The highest BCUT2D eigenvalue weighted by Crippen LogP contribution is 2.19. The fourth-order valence-electron chi connectivity index (χ4n) is 1.69. The Morgan fingerprint density at radius 1 is 1.43 bits per heavy atom. The number of carbonyl (C=O) groups excluding carboxylic acids is 1. The lowest BCUT2D eigenvalue weighted by molar-refractivity contribution is -0.384. The third-order valence-electron chi connectivity index (χ3n) is 2.98. The number of nitrogens with zero attached hydrogens (tertiary/aromatic N) is 3. The average Bonchev–Trinajstić information content (AvgIpc) is 2.78. The van der Waals surface area contributed by atoms with Crippen molar-refractivity contribution in [3.05, 3.63) is 50.7 Å². The molecule has 0 bridgehead atoms. The normalized spacial score (nSPS) is 12.0. The number of nitrogens with one attached hydrogen (secondary N) is 1. The summed E-state index contributed by atoms with van der Waals surface area (Å²) in [6.45, 7) is 3.56. The second-order valence-corrected chi connectivity index (χ2v) is 5.37. The van der Waals surface area contributed by atoms with Crippen molar-refractivity contribution in [3.8, 4) is 0 Å². The van der Waals surface area contributed by atoms with Crippen molar-refractivity contribution in [2.75, 3.05) is 5.32 Å². The largest absolute Gasteiger partial charge is 0.324 e. The highest BCUT2D eigenvalue weighted by atomic mass is 79.9. The zero-order chi connectivity index (χ0) is 15.6. The summed E-state index contributed by atoms with van der Waals surface area (Å²) in [4.78, 5) is 22.2. The minimum Gasteiger partial charge on any atom is -0.324 e. The molecule has 1 heterocycles. The minimum absolute atomic E-state index is 0.0207. The van der Waals surface area contributed by atoms with Crippen molar-refractivity contribution in [1.29, 1.82) is 0 Å². The van der Waals surface area contributed by atoms with E-state index in [1.165, 1.54) is 24.3 Å². The second-order valence-electron chi connectivity index (χ2n) is 4.51. The molecule has 2 aromatic rings. The molecule has 0 aliphatic carbocycles. The third-order valence-corrected chi connectivity index (χ3v) is 3.76. The van der Waals surface area contributed by atoms with E-state index in [9.17, 15) is 14.9 Å². The Balaban J connectivity index is 2.08.